The summed E-state index contributed by atoms with van der Waals surface area (Å²) in [6.45, 7) is -0.359. The zero-order valence-corrected chi connectivity index (χ0v) is 13.3. The molecule has 2 rings (SSSR count). The van der Waals surface area contributed by atoms with Gasteiger partial charge < -0.3 is 14.7 Å². The maximum atomic E-state index is 13.5. The molecule has 0 spiro atoms. The molecule has 0 aliphatic carbocycles. The molecule has 23 heavy (non-hydrogen) atoms. The Morgan fingerprint density at radius 3 is 2.57 bits per heavy atom. The molecule has 126 valence electrons. The second-order valence-electron chi connectivity index (χ2n) is 5.28. The van der Waals surface area contributed by atoms with Crippen molar-refractivity contribution in [1.29, 1.82) is 0 Å². The van der Waals surface area contributed by atoms with Gasteiger partial charge >= 0.3 is 5.97 Å². The third-order valence-electron chi connectivity index (χ3n) is 3.63. The SMILES string of the molecule is COc1ccc(S(C)(=O)=O)cc1C(=O)N1C[C@@H](F)C[C@H]1C(=O)O. The van der Waals surface area contributed by atoms with Gasteiger partial charge in [0.05, 0.1) is 24.1 Å². The van der Waals surface area contributed by atoms with Gasteiger partial charge in [0.1, 0.15) is 18.0 Å². The van der Waals surface area contributed by atoms with E-state index in [0.29, 0.717) is 0 Å². The lowest BCUT2D eigenvalue weighted by Crippen LogP contribution is -2.40. The summed E-state index contributed by atoms with van der Waals surface area (Å²) in [5.41, 5.74) is -0.115. The molecule has 0 radical (unpaired) electrons. The van der Waals surface area contributed by atoms with Crippen LogP contribution in [0.3, 0.4) is 0 Å². The average Bonchev–Trinajstić information content (AvgIpc) is 2.87. The Hall–Kier alpha value is -2.16. The van der Waals surface area contributed by atoms with Gasteiger partial charge in [-0.2, -0.15) is 0 Å². The fourth-order valence-electron chi connectivity index (χ4n) is 2.48. The van der Waals surface area contributed by atoms with Crippen molar-refractivity contribution in [1.82, 2.24) is 4.90 Å². The zero-order valence-electron chi connectivity index (χ0n) is 12.5. The molecule has 0 saturated carbocycles. The van der Waals surface area contributed by atoms with E-state index in [4.69, 9.17) is 9.84 Å². The summed E-state index contributed by atoms with van der Waals surface area (Å²) in [4.78, 5) is 24.6. The van der Waals surface area contributed by atoms with Crippen molar-refractivity contribution < 1.29 is 32.2 Å². The van der Waals surface area contributed by atoms with Gasteiger partial charge in [-0.1, -0.05) is 0 Å². The van der Waals surface area contributed by atoms with E-state index in [-0.39, 0.29) is 29.2 Å². The van der Waals surface area contributed by atoms with Crippen LogP contribution >= 0.6 is 0 Å². The standard InChI is InChI=1S/C14H16FNO6S/c1-22-12-4-3-9(23(2,20)21)6-10(12)13(17)16-7-8(15)5-11(16)14(18)19/h3-4,6,8,11H,5,7H2,1-2H3,(H,18,19)/t8-,11-/m0/s1. The highest BCUT2D eigenvalue weighted by Gasteiger charge is 2.41. The largest absolute Gasteiger partial charge is 0.496 e. The Kier molecular flexibility index (Phi) is 4.60. The number of carboxylic acid groups (broad SMARTS) is 1. The molecule has 1 aromatic rings. The van der Waals surface area contributed by atoms with E-state index in [9.17, 15) is 22.4 Å². The molecule has 7 nitrogen and oxygen atoms in total. The monoisotopic (exact) mass is 345 g/mol. The number of hydrogen-bond acceptors (Lipinski definition) is 5. The number of ether oxygens (including phenoxy) is 1. The number of methoxy groups -OCH3 is 1. The maximum Gasteiger partial charge on any atom is 0.326 e. The minimum Gasteiger partial charge on any atom is -0.496 e. The van der Waals surface area contributed by atoms with Gasteiger partial charge in [-0.05, 0) is 18.2 Å². The van der Waals surface area contributed by atoms with Crippen molar-refractivity contribution in [2.24, 2.45) is 0 Å². The molecule has 1 amide bonds. The van der Waals surface area contributed by atoms with Crippen LogP contribution in [0.4, 0.5) is 4.39 Å². The van der Waals surface area contributed by atoms with Crippen molar-refractivity contribution in [3.8, 4) is 5.75 Å². The zero-order chi connectivity index (χ0) is 17.4. The number of sulfone groups is 1. The van der Waals surface area contributed by atoms with Crippen molar-refractivity contribution in [3.05, 3.63) is 23.8 Å². The first-order valence-electron chi connectivity index (χ1n) is 6.71. The Morgan fingerprint density at radius 1 is 1.39 bits per heavy atom. The molecular weight excluding hydrogens is 329 g/mol. The fourth-order valence-corrected chi connectivity index (χ4v) is 3.13. The van der Waals surface area contributed by atoms with Crippen molar-refractivity contribution >= 4 is 21.7 Å². The molecule has 0 unspecified atom stereocenters. The van der Waals surface area contributed by atoms with Gasteiger partial charge in [-0.15, -0.1) is 0 Å². The number of alkyl halides is 1. The summed E-state index contributed by atoms with van der Waals surface area (Å²) >= 11 is 0. The number of carboxylic acids is 1. The van der Waals surface area contributed by atoms with Gasteiger partial charge in [0.25, 0.3) is 5.91 Å². The first-order chi connectivity index (χ1) is 10.6. The summed E-state index contributed by atoms with van der Waals surface area (Å²) < 4.78 is 41.8. The molecule has 1 N–H and O–H groups in total. The smallest absolute Gasteiger partial charge is 0.326 e. The van der Waals surface area contributed by atoms with Crippen LogP contribution in [0.25, 0.3) is 0 Å². The molecule has 1 aromatic carbocycles. The molecular formula is C14H16FNO6S. The van der Waals surface area contributed by atoms with E-state index in [0.717, 1.165) is 17.2 Å². The van der Waals surface area contributed by atoms with E-state index < -0.39 is 33.9 Å². The number of likely N-dealkylation sites (tertiary alicyclic amines) is 1. The van der Waals surface area contributed by atoms with Crippen LogP contribution in [0, 0.1) is 0 Å². The molecule has 1 aliphatic rings. The number of rotatable bonds is 4. The Balaban J connectivity index is 2.47. The van der Waals surface area contributed by atoms with Crippen LogP contribution < -0.4 is 4.74 Å². The number of benzene rings is 1. The lowest BCUT2D eigenvalue weighted by Gasteiger charge is -2.22. The molecule has 2 atom stereocenters. The maximum absolute atomic E-state index is 13.5. The van der Waals surface area contributed by atoms with Crippen molar-refractivity contribution in [2.45, 2.75) is 23.5 Å². The van der Waals surface area contributed by atoms with E-state index >= 15 is 0 Å². The highest BCUT2D eigenvalue weighted by molar-refractivity contribution is 7.90. The van der Waals surface area contributed by atoms with Gasteiger partial charge in [0.2, 0.25) is 0 Å². The van der Waals surface area contributed by atoms with Crippen LogP contribution in [0.1, 0.15) is 16.8 Å². The Bertz CT molecular complexity index is 748. The quantitative estimate of drug-likeness (QED) is 0.864. The summed E-state index contributed by atoms with van der Waals surface area (Å²) in [6, 6.07) is 2.41. The summed E-state index contributed by atoms with van der Waals surface area (Å²) in [7, 11) is -2.27. The lowest BCUT2D eigenvalue weighted by molar-refractivity contribution is -0.141. The fraction of sp³-hybridized carbons (Fsp3) is 0.429. The van der Waals surface area contributed by atoms with Crippen LogP contribution in [0.2, 0.25) is 0 Å². The summed E-state index contributed by atoms with van der Waals surface area (Å²) in [5, 5.41) is 9.12. The average molecular weight is 345 g/mol. The minimum absolute atomic E-state index is 0.0915. The number of aliphatic carboxylic acids is 1. The van der Waals surface area contributed by atoms with Gasteiger partial charge in [0, 0.05) is 12.7 Å². The lowest BCUT2D eigenvalue weighted by atomic mass is 10.1. The predicted molar refractivity (Wildman–Crippen MR) is 78.1 cm³/mol. The Morgan fingerprint density at radius 2 is 2.04 bits per heavy atom. The number of carbonyl (C=O) groups excluding carboxylic acids is 1. The summed E-state index contributed by atoms with van der Waals surface area (Å²) in [5.74, 6) is -1.99. The van der Waals surface area contributed by atoms with Crippen molar-refractivity contribution in [3.63, 3.8) is 0 Å². The topological polar surface area (TPSA) is 101 Å². The normalized spacial score (nSPS) is 21.3. The first kappa shape index (κ1) is 17.2. The number of nitrogens with zero attached hydrogens (tertiary/aromatic N) is 1. The highest BCUT2D eigenvalue weighted by Crippen LogP contribution is 2.28. The first-order valence-corrected chi connectivity index (χ1v) is 8.60. The van der Waals surface area contributed by atoms with Crippen molar-refractivity contribution in [2.75, 3.05) is 19.9 Å². The molecule has 9 heteroatoms. The molecule has 1 heterocycles. The minimum atomic E-state index is -3.56. The second-order valence-corrected chi connectivity index (χ2v) is 7.29. The summed E-state index contributed by atoms with van der Waals surface area (Å²) in [6.07, 6.45) is -0.754. The van der Waals surface area contributed by atoms with E-state index in [1.54, 1.807) is 0 Å². The van der Waals surface area contributed by atoms with E-state index in [2.05, 4.69) is 0 Å². The molecule has 1 fully saturated rings. The number of halogens is 1. The third-order valence-corrected chi connectivity index (χ3v) is 4.74. The van der Waals surface area contributed by atoms with Crippen LogP contribution in [0.15, 0.2) is 23.1 Å². The van der Waals surface area contributed by atoms with Crippen LogP contribution in [0.5, 0.6) is 5.75 Å². The number of amides is 1. The molecule has 0 aromatic heterocycles. The molecule has 1 aliphatic heterocycles. The second kappa shape index (κ2) is 6.15. The van der Waals surface area contributed by atoms with E-state index in [1.807, 2.05) is 0 Å². The van der Waals surface area contributed by atoms with E-state index in [1.165, 1.54) is 19.2 Å². The number of carbonyl (C=O) groups is 2. The Labute approximate surface area is 132 Å². The molecule has 1 saturated heterocycles. The van der Waals surface area contributed by atoms with Gasteiger partial charge in [-0.25, -0.2) is 17.6 Å². The molecule has 0 bridgehead atoms. The third kappa shape index (κ3) is 3.44. The number of hydrogen-bond donors (Lipinski definition) is 1. The predicted octanol–water partition coefficient (Wildman–Crippen LogP) is 0.736. The van der Waals surface area contributed by atoms with Gasteiger partial charge in [-0.3, -0.25) is 4.79 Å². The van der Waals surface area contributed by atoms with Crippen LogP contribution in [-0.4, -0.2) is 62.4 Å². The van der Waals surface area contributed by atoms with Crippen LogP contribution in [-0.2, 0) is 14.6 Å². The van der Waals surface area contributed by atoms with Gasteiger partial charge in [0.15, 0.2) is 9.84 Å². The highest BCUT2D eigenvalue weighted by atomic mass is 32.2.